The summed E-state index contributed by atoms with van der Waals surface area (Å²) in [5.41, 5.74) is 4.86. The van der Waals surface area contributed by atoms with E-state index >= 15 is 0 Å². The van der Waals surface area contributed by atoms with Gasteiger partial charge in [0.25, 0.3) is 0 Å². The van der Waals surface area contributed by atoms with Crippen molar-refractivity contribution in [1.82, 2.24) is 4.98 Å². The average molecular weight is 421 g/mol. The first kappa shape index (κ1) is 22.0. The molecular weight excluding hydrogens is 398 g/mol. The Kier molecular flexibility index (Phi) is 8.27. The Morgan fingerprint density at radius 1 is 0.793 bits per heavy atom. The van der Waals surface area contributed by atoms with Crippen LogP contribution in [0.2, 0.25) is 0 Å². The molecule has 1 N–H and O–H groups in total. The van der Waals surface area contributed by atoms with Crippen molar-refractivity contribution in [3.8, 4) is 17.0 Å². The number of benzene rings is 2. The molecule has 29 heavy (non-hydrogen) atoms. The van der Waals surface area contributed by atoms with E-state index in [1.54, 1.807) is 7.11 Å². The molecular formula is C26H23FeNO+2. The van der Waals surface area contributed by atoms with Crippen LogP contribution < -0.4 is 4.74 Å². The van der Waals surface area contributed by atoms with Crippen molar-refractivity contribution >= 4 is 10.9 Å². The van der Waals surface area contributed by atoms with Crippen LogP contribution in [0.25, 0.3) is 22.2 Å². The molecule has 10 radical (unpaired) electrons. The Balaban J connectivity index is 0.000000352. The quantitative estimate of drug-likeness (QED) is 0.529. The van der Waals surface area contributed by atoms with Crippen molar-refractivity contribution in [2.24, 2.45) is 0 Å². The van der Waals surface area contributed by atoms with E-state index in [1.165, 1.54) is 28.1 Å². The number of rotatable bonds is 4. The predicted molar refractivity (Wildman–Crippen MR) is 116 cm³/mol. The molecule has 2 fully saturated rings. The molecule has 2 saturated carbocycles. The third-order valence-corrected chi connectivity index (χ3v) is 4.84. The summed E-state index contributed by atoms with van der Waals surface area (Å²) in [7, 11) is 1.71. The van der Waals surface area contributed by atoms with Crippen LogP contribution in [0.1, 0.15) is 5.56 Å². The van der Waals surface area contributed by atoms with Crippen LogP contribution in [0.4, 0.5) is 0 Å². The molecule has 0 amide bonds. The van der Waals surface area contributed by atoms with Crippen LogP contribution >= 0.6 is 0 Å². The van der Waals surface area contributed by atoms with Crippen LogP contribution in [0.15, 0.2) is 48.5 Å². The van der Waals surface area contributed by atoms with Gasteiger partial charge in [0.2, 0.25) is 0 Å². The minimum Gasteiger partial charge on any atom is -0.497 e. The molecule has 2 aliphatic rings. The van der Waals surface area contributed by atoms with Gasteiger partial charge in [-0.2, -0.15) is 0 Å². The minimum absolute atomic E-state index is 0. The second-order valence-electron chi connectivity index (χ2n) is 6.69. The topological polar surface area (TPSA) is 25.0 Å². The molecule has 5 rings (SSSR count). The van der Waals surface area contributed by atoms with E-state index in [9.17, 15) is 0 Å². The largest absolute Gasteiger partial charge is 2.00 e. The molecule has 2 aliphatic carbocycles. The summed E-state index contributed by atoms with van der Waals surface area (Å²) in [6.07, 6.45) is 19.4. The third kappa shape index (κ3) is 5.47. The van der Waals surface area contributed by atoms with Gasteiger partial charge in [0.15, 0.2) is 0 Å². The first-order valence-corrected chi connectivity index (χ1v) is 9.46. The van der Waals surface area contributed by atoms with Gasteiger partial charge in [0, 0.05) is 16.6 Å². The molecule has 2 aromatic carbocycles. The Labute approximate surface area is 185 Å². The van der Waals surface area contributed by atoms with Crippen molar-refractivity contribution in [2.75, 3.05) is 7.11 Å². The number of methoxy groups -OCH3 is 1. The molecule has 0 bridgehead atoms. The van der Waals surface area contributed by atoms with Crippen molar-refractivity contribution in [3.05, 3.63) is 118 Å². The number of H-pyrrole nitrogens is 1. The predicted octanol–water partition coefficient (Wildman–Crippen LogP) is 5.81. The Bertz CT molecular complexity index is 869. The van der Waals surface area contributed by atoms with Crippen LogP contribution in [-0.2, 0) is 23.5 Å². The number of nitrogens with one attached hydrogen (secondary N) is 1. The summed E-state index contributed by atoms with van der Waals surface area (Å²) >= 11 is 0. The Morgan fingerprint density at radius 3 is 2.07 bits per heavy atom. The SMILES string of the molecule is COc1ccc2[nH]c(-c3ccccc3)c(C[C]3[CH][CH][CH][CH]3)c2c1.[CH]1[CH][CH][CH][CH]1.[Fe+2]. The van der Waals surface area contributed by atoms with Crippen molar-refractivity contribution in [2.45, 2.75) is 6.42 Å². The van der Waals surface area contributed by atoms with Gasteiger partial charge in [-0.15, -0.1) is 0 Å². The average Bonchev–Trinajstić information content (AvgIpc) is 3.52. The van der Waals surface area contributed by atoms with E-state index in [-0.39, 0.29) is 17.1 Å². The molecule has 1 heterocycles. The molecule has 3 aromatic rings. The fourth-order valence-electron chi connectivity index (χ4n) is 3.45. The van der Waals surface area contributed by atoms with E-state index in [0.717, 1.165) is 17.7 Å². The van der Waals surface area contributed by atoms with Gasteiger partial charge < -0.3 is 9.72 Å². The zero-order chi connectivity index (χ0) is 19.2. The molecule has 2 nitrogen and oxygen atoms in total. The number of hydrogen-bond donors (Lipinski definition) is 1. The summed E-state index contributed by atoms with van der Waals surface area (Å²) in [5.74, 6) is 2.21. The molecule has 3 heteroatoms. The first-order valence-electron chi connectivity index (χ1n) is 9.46. The van der Waals surface area contributed by atoms with Crippen LogP contribution in [-0.4, -0.2) is 12.1 Å². The maximum atomic E-state index is 5.41. The monoisotopic (exact) mass is 421 g/mol. The van der Waals surface area contributed by atoms with E-state index < -0.39 is 0 Å². The van der Waals surface area contributed by atoms with Crippen LogP contribution in [0, 0.1) is 63.7 Å². The standard InChI is InChI=1S/C21H18NO.C5H5.Fe/c1-23-17-11-12-20-18(14-17)19(13-15-7-5-6-8-15)21(22-20)16-9-3-2-4-10-16;1-2-4-5-3-1;/h2-12,14,22H,13H2,1H3;1-5H;/q;;+2. The van der Waals surface area contributed by atoms with Crippen molar-refractivity contribution in [1.29, 1.82) is 0 Å². The van der Waals surface area contributed by atoms with E-state index in [1.807, 2.05) is 44.2 Å². The smallest absolute Gasteiger partial charge is 0.497 e. The minimum atomic E-state index is 0. The van der Waals surface area contributed by atoms with E-state index in [2.05, 4.69) is 67.1 Å². The van der Waals surface area contributed by atoms with Gasteiger partial charge >= 0.3 is 17.1 Å². The normalized spacial score (nSPS) is 16.3. The molecule has 144 valence electrons. The van der Waals surface area contributed by atoms with Gasteiger partial charge in [0.05, 0.1) is 7.11 Å². The maximum absolute atomic E-state index is 5.41. The number of aromatic nitrogens is 1. The van der Waals surface area contributed by atoms with Crippen LogP contribution in [0.3, 0.4) is 0 Å². The summed E-state index contributed by atoms with van der Waals surface area (Å²) in [6.45, 7) is 0. The maximum Gasteiger partial charge on any atom is 2.00 e. The number of hydrogen-bond acceptors (Lipinski definition) is 1. The second-order valence-corrected chi connectivity index (χ2v) is 6.69. The van der Waals surface area contributed by atoms with Gasteiger partial charge in [-0.25, -0.2) is 0 Å². The van der Waals surface area contributed by atoms with Gasteiger partial charge in [-0.05, 0) is 99.5 Å². The summed E-state index contributed by atoms with van der Waals surface area (Å²) in [5, 5.41) is 1.23. The third-order valence-electron chi connectivity index (χ3n) is 4.84. The first-order chi connectivity index (χ1) is 13.8. The van der Waals surface area contributed by atoms with Gasteiger partial charge in [-0.3, -0.25) is 0 Å². The number of fused-ring (bicyclic) bond motifs is 1. The van der Waals surface area contributed by atoms with E-state index in [4.69, 9.17) is 4.74 Å². The number of aromatic amines is 1. The van der Waals surface area contributed by atoms with Crippen LogP contribution in [0.5, 0.6) is 5.75 Å². The Hall–Kier alpha value is -1.70. The van der Waals surface area contributed by atoms with Gasteiger partial charge in [0.1, 0.15) is 5.75 Å². The molecule has 0 saturated heterocycles. The van der Waals surface area contributed by atoms with E-state index in [0.29, 0.717) is 0 Å². The molecule has 1 aromatic heterocycles. The fourth-order valence-corrected chi connectivity index (χ4v) is 3.45. The number of ether oxygens (including phenoxy) is 1. The summed E-state index contributed by atoms with van der Waals surface area (Å²) < 4.78 is 5.41. The molecule has 0 unspecified atom stereocenters. The van der Waals surface area contributed by atoms with Crippen molar-refractivity contribution < 1.29 is 21.8 Å². The summed E-state index contributed by atoms with van der Waals surface area (Å²) in [6, 6.07) is 16.7. The molecule has 0 spiro atoms. The zero-order valence-electron chi connectivity index (χ0n) is 16.3. The summed E-state index contributed by atoms with van der Waals surface area (Å²) in [4.78, 5) is 3.59. The van der Waals surface area contributed by atoms with Crippen molar-refractivity contribution in [3.63, 3.8) is 0 Å². The zero-order valence-corrected chi connectivity index (χ0v) is 17.4. The Morgan fingerprint density at radius 2 is 1.45 bits per heavy atom. The fraction of sp³-hybridized carbons (Fsp3) is 0.0769. The van der Waals surface area contributed by atoms with Gasteiger partial charge in [-0.1, -0.05) is 30.3 Å². The molecule has 0 aliphatic heterocycles. The second kappa shape index (κ2) is 10.9. The molecule has 0 atom stereocenters.